The van der Waals surface area contributed by atoms with Crippen LogP contribution in [-0.4, -0.2) is 40.5 Å². The highest BCUT2D eigenvalue weighted by Gasteiger charge is 2.31. The number of rotatable bonds is 4. The van der Waals surface area contributed by atoms with Gasteiger partial charge in [0.1, 0.15) is 10.1 Å². The lowest BCUT2D eigenvalue weighted by Gasteiger charge is -2.12. The Morgan fingerprint density at radius 1 is 1.42 bits per heavy atom. The first-order valence-corrected chi connectivity index (χ1v) is 6.87. The number of ether oxygens (including phenoxy) is 1. The summed E-state index contributed by atoms with van der Waals surface area (Å²) >= 11 is 6.46. The number of carbonyl (C=O) groups is 1. The highest BCUT2D eigenvalue weighted by Crippen LogP contribution is 2.32. The molecule has 2 rings (SSSR count). The van der Waals surface area contributed by atoms with Crippen molar-refractivity contribution in [2.45, 2.75) is 0 Å². The molecule has 1 heterocycles. The third-order valence-electron chi connectivity index (χ3n) is 2.58. The van der Waals surface area contributed by atoms with Gasteiger partial charge < -0.3 is 9.84 Å². The van der Waals surface area contributed by atoms with Gasteiger partial charge in [-0.05, 0) is 23.8 Å². The van der Waals surface area contributed by atoms with Crippen LogP contribution in [0.1, 0.15) is 5.56 Å². The van der Waals surface area contributed by atoms with Crippen molar-refractivity contribution in [3.63, 3.8) is 0 Å². The molecule has 1 aliphatic rings. The Hall–Kier alpha value is -1.37. The SMILES string of the molecule is COCCN1C(=O)/C(=C\c2ccc(O)cc2)SC1=S. The van der Waals surface area contributed by atoms with Gasteiger partial charge in [-0.3, -0.25) is 9.69 Å². The fourth-order valence-electron chi connectivity index (χ4n) is 1.60. The fraction of sp³-hybridized carbons (Fsp3) is 0.231. The number of aromatic hydroxyl groups is 1. The van der Waals surface area contributed by atoms with E-state index in [4.69, 9.17) is 17.0 Å². The van der Waals surface area contributed by atoms with Crippen LogP contribution in [0.25, 0.3) is 6.08 Å². The summed E-state index contributed by atoms with van der Waals surface area (Å²) in [6.07, 6.45) is 1.77. The van der Waals surface area contributed by atoms with E-state index >= 15 is 0 Å². The number of phenolic OH excluding ortho intramolecular Hbond substituents is 1. The number of amides is 1. The quantitative estimate of drug-likeness (QED) is 0.682. The maximum atomic E-state index is 12.1. The van der Waals surface area contributed by atoms with Crippen LogP contribution < -0.4 is 0 Å². The van der Waals surface area contributed by atoms with Crippen LogP contribution in [0, 0.1) is 0 Å². The van der Waals surface area contributed by atoms with Gasteiger partial charge in [-0.25, -0.2) is 0 Å². The summed E-state index contributed by atoms with van der Waals surface area (Å²) in [5, 5.41) is 9.22. The van der Waals surface area contributed by atoms with Crippen LogP contribution in [0.4, 0.5) is 0 Å². The van der Waals surface area contributed by atoms with Crippen molar-refractivity contribution in [1.29, 1.82) is 0 Å². The zero-order valence-electron chi connectivity index (χ0n) is 10.3. The van der Waals surface area contributed by atoms with Gasteiger partial charge in [0.2, 0.25) is 0 Å². The number of benzene rings is 1. The Labute approximate surface area is 121 Å². The van der Waals surface area contributed by atoms with Gasteiger partial charge in [-0.1, -0.05) is 36.1 Å². The number of hydrogen-bond donors (Lipinski definition) is 1. The number of thioether (sulfide) groups is 1. The molecule has 0 spiro atoms. The van der Waals surface area contributed by atoms with E-state index in [-0.39, 0.29) is 11.7 Å². The molecule has 1 aromatic carbocycles. The Kier molecular flexibility index (Phi) is 4.57. The Balaban J connectivity index is 2.16. The van der Waals surface area contributed by atoms with E-state index in [1.807, 2.05) is 0 Å². The molecule has 0 saturated carbocycles. The highest BCUT2D eigenvalue weighted by molar-refractivity contribution is 8.26. The number of methoxy groups -OCH3 is 1. The van der Waals surface area contributed by atoms with E-state index in [9.17, 15) is 9.90 Å². The van der Waals surface area contributed by atoms with Crippen molar-refractivity contribution >= 4 is 40.3 Å². The van der Waals surface area contributed by atoms with Gasteiger partial charge in [0.05, 0.1) is 18.1 Å². The molecular weight excluding hydrogens is 282 g/mol. The van der Waals surface area contributed by atoms with Crippen LogP contribution >= 0.6 is 24.0 Å². The molecule has 0 radical (unpaired) electrons. The average molecular weight is 295 g/mol. The minimum Gasteiger partial charge on any atom is -0.508 e. The van der Waals surface area contributed by atoms with E-state index in [0.717, 1.165) is 5.56 Å². The topological polar surface area (TPSA) is 49.8 Å². The van der Waals surface area contributed by atoms with Crippen molar-refractivity contribution in [2.24, 2.45) is 0 Å². The van der Waals surface area contributed by atoms with Crippen LogP contribution in [0.5, 0.6) is 5.75 Å². The number of thiocarbonyl (C=S) groups is 1. The molecule has 1 amide bonds. The zero-order valence-corrected chi connectivity index (χ0v) is 12.0. The molecule has 4 nitrogen and oxygen atoms in total. The van der Waals surface area contributed by atoms with E-state index in [0.29, 0.717) is 22.4 Å². The van der Waals surface area contributed by atoms with E-state index in [1.165, 1.54) is 16.7 Å². The summed E-state index contributed by atoms with van der Waals surface area (Å²) < 4.78 is 5.51. The molecular formula is C13H13NO3S2. The smallest absolute Gasteiger partial charge is 0.266 e. The zero-order chi connectivity index (χ0) is 13.8. The largest absolute Gasteiger partial charge is 0.508 e. The second-order valence-electron chi connectivity index (χ2n) is 3.92. The lowest BCUT2D eigenvalue weighted by molar-refractivity contribution is -0.122. The highest BCUT2D eigenvalue weighted by atomic mass is 32.2. The third kappa shape index (κ3) is 3.34. The normalized spacial score (nSPS) is 17.5. The summed E-state index contributed by atoms with van der Waals surface area (Å²) in [7, 11) is 1.59. The maximum Gasteiger partial charge on any atom is 0.266 e. The lowest BCUT2D eigenvalue weighted by atomic mass is 10.2. The van der Waals surface area contributed by atoms with Gasteiger partial charge in [0, 0.05) is 7.11 Å². The molecule has 1 saturated heterocycles. The number of carbonyl (C=O) groups excluding carboxylic acids is 1. The number of nitrogens with zero attached hydrogens (tertiary/aromatic N) is 1. The van der Waals surface area contributed by atoms with Crippen molar-refractivity contribution in [2.75, 3.05) is 20.3 Å². The van der Waals surface area contributed by atoms with Gasteiger partial charge in [0.15, 0.2) is 0 Å². The molecule has 1 fully saturated rings. The first-order valence-electron chi connectivity index (χ1n) is 5.65. The molecule has 1 aromatic rings. The molecule has 6 heteroatoms. The number of phenols is 1. The summed E-state index contributed by atoms with van der Waals surface area (Å²) in [6, 6.07) is 6.66. The first kappa shape index (κ1) is 14.0. The number of hydrogen-bond acceptors (Lipinski definition) is 5. The lowest BCUT2D eigenvalue weighted by Crippen LogP contribution is -2.31. The van der Waals surface area contributed by atoms with Crippen LogP contribution in [0.15, 0.2) is 29.2 Å². The van der Waals surface area contributed by atoms with Gasteiger partial charge in [0.25, 0.3) is 5.91 Å². The van der Waals surface area contributed by atoms with Crippen molar-refractivity contribution in [3.05, 3.63) is 34.7 Å². The molecule has 0 aliphatic carbocycles. The van der Waals surface area contributed by atoms with Gasteiger partial charge in [-0.15, -0.1) is 0 Å². The Morgan fingerprint density at radius 2 is 2.11 bits per heavy atom. The average Bonchev–Trinajstić information content (AvgIpc) is 2.65. The van der Waals surface area contributed by atoms with E-state index < -0.39 is 0 Å². The second kappa shape index (κ2) is 6.18. The predicted octanol–water partition coefficient (Wildman–Crippen LogP) is 2.24. The minimum absolute atomic E-state index is 0.0971. The maximum absolute atomic E-state index is 12.1. The summed E-state index contributed by atoms with van der Waals surface area (Å²) in [5.41, 5.74) is 0.852. The molecule has 0 aromatic heterocycles. The third-order valence-corrected chi connectivity index (χ3v) is 3.96. The fourth-order valence-corrected chi connectivity index (χ4v) is 2.91. The van der Waals surface area contributed by atoms with Crippen LogP contribution in [-0.2, 0) is 9.53 Å². The first-order chi connectivity index (χ1) is 9.11. The van der Waals surface area contributed by atoms with Crippen LogP contribution in [0.3, 0.4) is 0 Å². The van der Waals surface area contributed by atoms with Gasteiger partial charge >= 0.3 is 0 Å². The molecule has 0 atom stereocenters. The molecule has 100 valence electrons. The second-order valence-corrected chi connectivity index (χ2v) is 5.59. The van der Waals surface area contributed by atoms with Crippen molar-refractivity contribution < 1.29 is 14.6 Å². The Morgan fingerprint density at radius 3 is 2.74 bits per heavy atom. The van der Waals surface area contributed by atoms with Crippen molar-refractivity contribution in [1.82, 2.24) is 4.90 Å². The molecule has 1 N–H and O–H groups in total. The summed E-state index contributed by atoms with van der Waals surface area (Å²) in [5.74, 6) is 0.102. The Bertz CT molecular complexity index is 525. The van der Waals surface area contributed by atoms with E-state index in [2.05, 4.69) is 0 Å². The summed E-state index contributed by atoms with van der Waals surface area (Å²) in [4.78, 5) is 14.3. The summed E-state index contributed by atoms with van der Waals surface area (Å²) in [6.45, 7) is 0.924. The van der Waals surface area contributed by atoms with Crippen LogP contribution in [0.2, 0.25) is 0 Å². The molecule has 19 heavy (non-hydrogen) atoms. The van der Waals surface area contributed by atoms with Gasteiger partial charge in [-0.2, -0.15) is 0 Å². The van der Waals surface area contributed by atoms with Crippen molar-refractivity contribution in [3.8, 4) is 5.75 Å². The molecule has 0 bridgehead atoms. The minimum atomic E-state index is -0.0971. The molecule has 1 aliphatic heterocycles. The molecule has 0 unspecified atom stereocenters. The predicted molar refractivity (Wildman–Crippen MR) is 79.9 cm³/mol. The monoisotopic (exact) mass is 295 g/mol. The van der Waals surface area contributed by atoms with E-state index in [1.54, 1.807) is 37.5 Å². The standard InChI is InChI=1S/C13H13NO3S2/c1-17-7-6-14-12(16)11(19-13(14)18)8-9-2-4-10(15)5-3-9/h2-5,8,15H,6-7H2,1H3/b11-8+.